The van der Waals surface area contributed by atoms with Gasteiger partial charge in [-0.05, 0) is 31.2 Å². The van der Waals surface area contributed by atoms with E-state index >= 15 is 0 Å². The van der Waals surface area contributed by atoms with Gasteiger partial charge in [-0.2, -0.15) is 0 Å². The van der Waals surface area contributed by atoms with Crippen molar-refractivity contribution in [2.45, 2.75) is 6.92 Å². The summed E-state index contributed by atoms with van der Waals surface area (Å²) < 4.78 is 4.25. The molecule has 0 radical (unpaired) electrons. The Morgan fingerprint density at radius 3 is 1.28 bits per heavy atom. The Hall–Kier alpha value is -2.00. The average Bonchev–Trinajstić information content (AvgIpc) is 2.36. The molecule has 0 unspecified atom stereocenters. The minimum Gasteiger partial charge on any atom is -0.508 e. The molecule has 0 spiro atoms. The number of methoxy groups -OCH3 is 1. The number of phenolic OH excluding ortho intramolecular Hbond substituents is 2. The SMILES string of the molecule is COC.Cc1ccccc1.Oc1ccc(O)cc1. The standard InChI is InChI=1S/C7H8.C6H6O2.C2H6O/c1-7-5-3-2-4-6-7;7-5-1-2-6(8)4-3-5;1-3-2/h2-6H,1H3;1-4,7-8H;1-2H3. The van der Waals surface area contributed by atoms with Gasteiger partial charge in [-0.1, -0.05) is 35.9 Å². The molecule has 2 aromatic carbocycles. The van der Waals surface area contributed by atoms with E-state index in [1.54, 1.807) is 14.2 Å². The van der Waals surface area contributed by atoms with E-state index in [1.807, 2.05) is 18.2 Å². The zero-order chi connectivity index (χ0) is 13.8. The van der Waals surface area contributed by atoms with Crippen LogP contribution in [-0.4, -0.2) is 24.4 Å². The molecular formula is C15H20O3. The molecule has 0 aliphatic carbocycles. The molecule has 0 atom stereocenters. The zero-order valence-electron chi connectivity index (χ0n) is 11.0. The molecule has 0 saturated carbocycles. The van der Waals surface area contributed by atoms with Gasteiger partial charge in [-0.3, -0.25) is 0 Å². The summed E-state index contributed by atoms with van der Waals surface area (Å²) in [7, 11) is 3.25. The Morgan fingerprint density at radius 1 is 0.722 bits per heavy atom. The maximum absolute atomic E-state index is 8.65. The first-order chi connectivity index (χ1) is 8.60. The third-order valence-corrected chi connectivity index (χ3v) is 1.79. The molecule has 3 heteroatoms. The summed E-state index contributed by atoms with van der Waals surface area (Å²) >= 11 is 0. The van der Waals surface area contributed by atoms with E-state index in [9.17, 15) is 0 Å². The van der Waals surface area contributed by atoms with Gasteiger partial charge in [0.2, 0.25) is 0 Å². The first-order valence-corrected chi connectivity index (χ1v) is 5.50. The van der Waals surface area contributed by atoms with Crippen molar-refractivity contribution in [3.63, 3.8) is 0 Å². The molecule has 0 saturated heterocycles. The molecule has 2 aromatic rings. The minimum atomic E-state index is 0.169. The van der Waals surface area contributed by atoms with Gasteiger partial charge in [0, 0.05) is 14.2 Å². The van der Waals surface area contributed by atoms with Gasteiger partial charge in [-0.15, -0.1) is 0 Å². The van der Waals surface area contributed by atoms with Crippen LogP contribution in [0.2, 0.25) is 0 Å². The van der Waals surface area contributed by atoms with E-state index in [1.165, 1.54) is 29.8 Å². The lowest BCUT2D eigenvalue weighted by atomic mass is 10.2. The van der Waals surface area contributed by atoms with Gasteiger partial charge < -0.3 is 14.9 Å². The van der Waals surface area contributed by atoms with Crippen molar-refractivity contribution in [1.82, 2.24) is 0 Å². The summed E-state index contributed by atoms with van der Waals surface area (Å²) in [5.41, 5.74) is 1.32. The van der Waals surface area contributed by atoms with Crippen molar-refractivity contribution >= 4 is 0 Å². The van der Waals surface area contributed by atoms with Crippen molar-refractivity contribution in [3.8, 4) is 11.5 Å². The van der Waals surface area contributed by atoms with Crippen LogP contribution in [0.3, 0.4) is 0 Å². The number of benzene rings is 2. The van der Waals surface area contributed by atoms with Crippen LogP contribution in [0.4, 0.5) is 0 Å². The number of phenols is 2. The van der Waals surface area contributed by atoms with Crippen molar-refractivity contribution < 1.29 is 14.9 Å². The molecule has 0 aliphatic rings. The van der Waals surface area contributed by atoms with Gasteiger partial charge in [-0.25, -0.2) is 0 Å². The Bertz CT molecular complexity index is 375. The Balaban J connectivity index is 0.000000267. The normalized spacial score (nSPS) is 8.39. The highest BCUT2D eigenvalue weighted by Gasteiger charge is 1.84. The van der Waals surface area contributed by atoms with Crippen molar-refractivity contribution in [2.24, 2.45) is 0 Å². The molecule has 2 N–H and O–H groups in total. The highest BCUT2D eigenvalue weighted by Crippen LogP contribution is 2.13. The number of rotatable bonds is 0. The smallest absolute Gasteiger partial charge is 0.115 e. The van der Waals surface area contributed by atoms with Crippen LogP contribution < -0.4 is 0 Å². The summed E-state index contributed by atoms with van der Waals surface area (Å²) in [6.07, 6.45) is 0. The molecule has 0 aliphatic heterocycles. The van der Waals surface area contributed by atoms with Crippen molar-refractivity contribution in [3.05, 3.63) is 60.2 Å². The van der Waals surface area contributed by atoms with Gasteiger partial charge in [0.15, 0.2) is 0 Å². The monoisotopic (exact) mass is 248 g/mol. The van der Waals surface area contributed by atoms with Gasteiger partial charge in [0.25, 0.3) is 0 Å². The predicted molar refractivity (Wildman–Crippen MR) is 73.9 cm³/mol. The second-order valence-electron chi connectivity index (χ2n) is 3.58. The first-order valence-electron chi connectivity index (χ1n) is 5.50. The Morgan fingerprint density at radius 2 is 1.06 bits per heavy atom. The molecule has 0 amide bonds. The van der Waals surface area contributed by atoms with Gasteiger partial charge in [0.05, 0.1) is 0 Å². The molecule has 18 heavy (non-hydrogen) atoms. The number of hydrogen-bond donors (Lipinski definition) is 2. The van der Waals surface area contributed by atoms with Crippen LogP contribution in [-0.2, 0) is 4.74 Å². The maximum Gasteiger partial charge on any atom is 0.115 e. The largest absolute Gasteiger partial charge is 0.508 e. The lowest BCUT2D eigenvalue weighted by Gasteiger charge is -1.88. The molecule has 0 bridgehead atoms. The average molecular weight is 248 g/mol. The second-order valence-corrected chi connectivity index (χ2v) is 3.58. The quantitative estimate of drug-likeness (QED) is 0.703. The molecule has 98 valence electrons. The van der Waals surface area contributed by atoms with Crippen molar-refractivity contribution in [1.29, 1.82) is 0 Å². The lowest BCUT2D eigenvalue weighted by Crippen LogP contribution is -1.62. The number of aryl methyl sites for hydroxylation is 1. The zero-order valence-corrected chi connectivity index (χ0v) is 11.0. The van der Waals surface area contributed by atoms with E-state index in [0.29, 0.717) is 0 Å². The van der Waals surface area contributed by atoms with E-state index < -0.39 is 0 Å². The van der Waals surface area contributed by atoms with E-state index in [0.717, 1.165) is 0 Å². The summed E-state index contributed by atoms with van der Waals surface area (Å²) in [4.78, 5) is 0. The number of hydrogen-bond acceptors (Lipinski definition) is 3. The van der Waals surface area contributed by atoms with Gasteiger partial charge >= 0.3 is 0 Å². The molecule has 2 rings (SSSR count). The third kappa shape index (κ3) is 9.24. The molecule has 0 heterocycles. The fourth-order valence-corrected chi connectivity index (χ4v) is 0.987. The predicted octanol–water partition coefficient (Wildman–Crippen LogP) is 3.36. The Labute approximate surface area is 108 Å². The lowest BCUT2D eigenvalue weighted by molar-refractivity contribution is 0.277. The van der Waals surface area contributed by atoms with Crippen LogP contribution in [0.5, 0.6) is 11.5 Å². The van der Waals surface area contributed by atoms with E-state index in [-0.39, 0.29) is 11.5 Å². The van der Waals surface area contributed by atoms with Crippen LogP contribution in [0.15, 0.2) is 54.6 Å². The highest BCUT2D eigenvalue weighted by atomic mass is 16.4. The molecule has 0 aromatic heterocycles. The fourth-order valence-electron chi connectivity index (χ4n) is 0.987. The van der Waals surface area contributed by atoms with Crippen LogP contribution in [0.25, 0.3) is 0 Å². The van der Waals surface area contributed by atoms with E-state index in [2.05, 4.69) is 23.8 Å². The van der Waals surface area contributed by atoms with E-state index in [4.69, 9.17) is 10.2 Å². The van der Waals surface area contributed by atoms with Crippen LogP contribution in [0.1, 0.15) is 5.56 Å². The van der Waals surface area contributed by atoms with Gasteiger partial charge in [0.1, 0.15) is 11.5 Å². The molecular weight excluding hydrogens is 228 g/mol. The van der Waals surface area contributed by atoms with Crippen LogP contribution >= 0.6 is 0 Å². The minimum absolute atomic E-state index is 0.169. The molecule has 3 nitrogen and oxygen atoms in total. The molecule has 0 fully saturated rings. The topological polar surface area (TPSA) is 49.7 Å². The number of ether oxygens (including phenoxy) is 1. The number of aromatic hydroxyl groups is 2. The second kappa shape index (κ2) is 10.2. The summed E-state index contributed by atoms with van der Waals surface area (Å²) in [6, 6.07) is 16.0. The third-order valence-electron chi connectivity index (χ3n) is 1.79. The highest BCUT2D eigenvalue weighted by molar-refractivity contribution is 5.28. The summed E-state index contributed by atoms with van der Waals surface area (Å²) in [6.45, 7) is 2.08. The Kier molecular flexibility index (Phi) is 9.04. The first kappa shape index (κ1) is 16.0. The van der Waals surface area contributed by atoms with Crippen LogP contribution in [0, 0.1) is 6.92 Å². The summed E-state index contributed by atoms with van der Waals surface area (Å²) in [5.74, 6) is 0.339. The summed E-state index contributed by atoms with van der Waals surface area (Å²) in [5, 5.41) is 17.3. The van der Waals surface area contributed by atoms with Crippen molar-refractivity contribution in [2.75, 3.05) is 14.2 Å². The maximum atomic E-state index is 8.65. The fraction of sp³-hybridized carbons (Fsp3) is 0.200.